The second-order valence-corrected chi connectivity index (χ2v) is 11.1. The molecule has 5 rings (SSSR count). The van der Waals surface area contributed by atoms with Crippen LogP contribution in [0, 0.1) is 11.8 Å². The molecule has 0 bridgehead atoms. The Morgan fingerprint density at radius 1 is 1.07 bits per heavy atom. The van der Waals surface area contributed by atoms with E-state index >= 15 is 0 Å². The molecule has 3 aliphatic rings. The maximum atomic E-state index is 12.9. The second kappa shape index (κ2) is 7.60. The Labute approximate surface area is 176 Å². The molecule has 2 aliphatic carbocycles. The Balaban J connectivity index is 1.41. The second-order valence-electron chi connectivity index (χ2n) is 9.09. The van der Waals surface area contributed by atoms with Gasteiger partial charge in [0.15, 0.2) is 0 Å². The van der Waals surface area contributed by atoms with Gasteiger partial charge >= 0.3 is 0 Å². The van der Waals surface area contributed by atoms with Gasteiger partial charge in [-0.1, -0.05) is 6.42 Å². The summed E-state index contributed by atoms with van der Waals surface area (Å²) in [4.78, 5) is 22.1. The number of aromatic nitrogens is 3. The van der Waals surface area contributed by atoms with Crippen LogP contribution in [0.2, 0.25) is 0 Å². The molecule has 2 aromatic heterocycles. The van der Waals surface area contributed by atoms with Crippen molar-refractivity contribution in [2.75, 3.05) is 24.7 Å². The van der Waals surface area contributed by atoms with Crippen molar-refractivity contribution in [3.8, 4) is 0 Å². The van der Waals surface area contributed by atoms with E-state index in [0.29, 0.717) is 43.4 Å². The highest BCUT2D eigenvalue weighted by Crippen LogP contribution is 2.50. The van der Waals surface area contributed by atoms with Crippen molar-refractivity contribution in [3.63, 3.8) is 0 Å². The van der Waals surface area contributed by atoms with Gasteiger partial charge in [-0.3, -0.25) is 9.36 Å². The van der Waals surface area contributed by atoms with E-state index in [1.54, 1.807) is 12.3 Å². The third kappa shape index (κ3) is 3.85. The van der Waals surface area contributed by atoms with E-state index in [-0.39, 0.29) is 17.6 Å². The molecule has 0 amide bonds. The fraction of sp³-hybridized carbons (Fsp3) is 0.667. The Morgan fingerprint density at radius 3 is 2.53 bits per heavy atom. The average Bonchev–Trinajstić information content (AvgIpc) is 3.45. The van der Waals surface area contributed by atoms with Crippen LogP contribution in [-0.4, -0.2) is 52.6 Å². The van der Waals surface area contributed by atoms with Crippen molar-refractivity contribution in [2.45, 2.75) is 57.0 Å². The standard InChI is InChI=1S/C21H29N5O3S/c1-30(28,29)25-11-9-16(10-12-25)23-21-22-13-15-7-8-19(27)26(20(15)24-21)18-4-2-3-17(18)14-5-6-14/h7-8,13-14,16-18H,2-6,9-12H2,1H3,(H,22,23,24). The van der Waals surface area contributed by atoms with Crippen molar-refractivity contribution in [1.29, 1.82) is 0 Å². The molecule has 2 aromatic rings. The fourth-order valence-corrected chi connectivity index (χ4v) is 6.18. The SMILES string of the molecule is CS(=O)(=O)N1CCC(Nc2ncc3ccc(=O)n(C4CCCC4C4CC4)c3n2)CC1. The first kappa shape index (κ1) is 19.9. The molecule has 8 nitrogen and oxygen atoms in total. The summed E-state index contributed by atoms with van der Waals surface area (Å²) in [6.07, 6.45) is 10.4. The first-order chi connectivity index (χ1) is 14.4. The van der Waals surface area contributed by atoms with Gasteiger partial charge in [0, 0.05) is 42.8 Å². The van der Waals surface area contributed by atoms with Gasteiger partial charge in [-0.05, 0) is 56.4 Å². The number of pyridine rings is 1. The van der Waals surface area contributed by atoms with Crippen LogP contribution in [0.25, 0.3) is 11.0 Å². The highest BCUT2D eigenvalue weighted by atomic mass is 32.2. The number of nitrogens with zero attached hydrogens (tertiary/aromatic N) is 4. The Hall–Kier alpha value is -2.00. The van der Waals surface area contributed by atoms with E-state index in [2.05, 4.69) is 10.3 Å². The van der Waals surface area contributed by atoms with Crippen molar-refractivity contribution < 1.29 is 8.42 Å². The largest absolute Gasteiger partial charge is 0.351 e. The maximum absolute atomic E-state index is 12.9. The number of anilines is 1. The fourth-order valence-electron chi connectivity index (χ4n) is 5.31. The molecule has 0 radical (unpaired) electrons. The summed E-state index contributed by atoms with van der Waals surface area (Å²) in [5.41, 5.74) is 0.734. The zero-order chi connectivity index (χ0) is 20.9. The minimum absolute atomic E-state index is 0.0196. The van der Waals surface area contributed by atoms with Gasteiger partial charge in [0.2, 0.25) is 16.0 Å². The molecule has 9 heteroatoms. The minimum Gasteiger partial charge on any atom is -0.351 e. The topological polar surface area (TPSA) is 97.2 Å². The zero-order valence-corrected chi connectivity index (χ0v) is 18.1. The van der Waals surface area contributed by atoms with Crippen LogP contribution >= 0.6 is 0 Å². The van der Waals surface area contributed by atoms with Crippen molar-refractivity contribution in [3.05, 3.63) is 28.7 Å². The summed E-state index contributed by atoms with van der Waals surface area (Å²) in [6.45, 7) is 1.000. The number of sulfonamides is 1. The lowest BCUT2D eigenvalue weighted by Crippen LogP contribution is -2.42. The van der Waals surface area contributed by atoms with E-state index in [9.17, 15) is 13.2 Å². The van der Waals surface area contributed by atoms with E-state index in [1.807, 2.05) is 10.6 Å². The summed E-state index contributed by atoms with van der Waals surface area (Å²) in [7, 11) is -3.14. The molecule has 3 fully saturated rings. The number of nitrogens with one attached hydrogen (secondary N) is 1. The number of piperidine rings is 1. The molecule has 30 heavy (non-hydrogen) atoms. The molecule has 162 valence electrons. The lowest BCUT2D eigenvalue weighted by molar-refractivity contribution is 0.331. The number of rotatable bonds is 5. The lowest BCUT2D eigenvalue weighted by atomic mass is 9.97. The van der Waals surface area contributed by atoms with Crippen LogP contribution < -0.4 is 10.9 Å². The maximum Gasteiger partial charge on any atom is 0.252 e. The van der Waals surface area contributed by atoms with Crippen LogP contribution in [0.4, 0.5) is 5.95 Å². The molecule has 1 aliphatic heterocycles. The highest BCUT2D eigenvalue weighted by Gasteiger charge is 2.41. The van der Waals surface area contributed by atoms with Crippen LogP contribution in [0.5, 0.6) is 0 Å². The van der Waals surface area contributed by atoms with Crippen molar-refractivity contribution in [1.82, 2.24) is 18.8 Å². The third-order valence-electron chi connectivity index (χ3n) is 7.01. The molecule has 2 saturated carbocycles. The minimum atomic E-state index is -3.14. The molecular formula is C21H29N5O3S. The van der Waals surface area contributed by atoms with Gasteiger partial charge in [-0.2, -0.15) is 4.98 Å². The lowest BCUT2D eigenvalue weighted by Gasteiger charge is -2.30. The molecule has 2 atom stereocenters. The summed E-state index contributed by atoms with van der Waals surface area (Å²) in [5.74, 6) is 1.86. The molecule has 2 unspecified atom stereocenters. The van der Waals surface area contributed by atoms with Crippen LogP contribution in [0.1, 0.15) is 51.0 Å². The number of fused-ring (bicyclic) bond motifs is 1. The molecule has 3 heterocycles. The summed E-state index contributed by atoms with van der Waals surface area (Å²) in [6, 6.07) is 3.80. The number of hydrogen-bond acceptors (Lipinski definition) is 6. The third-order valence-corrected chi connectivity index (χ3v) is 8.32. The van der Waals surface area contributed by atoms with Crippen molar-refractivity contribution in [2.24, 2.45) is 11.8 Å². The van der Waals surface area contributed by atoms with E-state index in [1.165, 1.54) is 36.2 Å². The first-order valence-corrected chi connectivity index (χ1v) is 12.8. The summed E-state index contributed by atoms with van der Waals surface area (Å²) >= 11 is 0. The average molecular weight is 432 g/mol. The van der Waals surface area contributed by atoms with E-state index in [0.717, 1.165) is 17.7 Å². The van der Waals surface area contributed by atoms with Gasteiger partial charge < -0.3 is 5.32 Å². The van der Waals surface area contributed by atoms with Crippen LogP contribution in [-0.2, 0) is 10.0 Å². The zero-order valence-electron chi connectivity index (χ0n) is 17.3. The van der Waals surface area contributed by atoms with E-state index < -0.39 is 10.0 Å². The summed E-state index contributed by atoms with van der Waals surface area (Å²) < 4.78 is 26.9. The quantitative estimate of drug-likeness (QED) is 0.781. The molecular weight excluding hydrogens is 402 g/mol. The molecule has 0 spiro atoms. The predicted molar refractivity (Wildman–Crippen MR) is 116 cm³/mol. The smallest absolute Gasteiger partial charge is 0.252 e. The molecule has 0 aromatic carbocycles. The Bertz CT molecular complexity index is 1100. The van der Waals surface area contributed by atoms with Gasteiger partial charge in [0.05, 0.1) is 6.26 Å². The molecule has 1 saturated heterocycles. The Kier molecular flexibility index (Phi) is 5.05. The van der Waals surface area contributed by atoms with Gasteiger partial charge in [-0.25, -0.2) is 17.7 Å². The normalized spacial score (nSPS) is 26.3. The highest BCUT2D eigenvalue weighted by molar-refractivity contribution is 7.88. The van der Waals surface area contributed by atoms with Crippen LogP contribution in [0.3, 0.4) is 0 Å². The van der Waals surface area contributed by atoms with Gasteiger partial charge in [-0.15, -0.1) is 0 Å². The molecule has 1 N–H and O–H groups in total. The van der Waals surface area contributed by atoms with E-state index in [4.69, 9.17) is 4.98 Å². The first-order valence-electron chi connectivity index (χ1n) is 11.0. The number of hydrogen-bond donors (Lipinski definition) is 1. The van der Waals surface area contributed by atoms with Crippen molar-refractivity contribution >= 4 is 27.0 Å². The Morgan fingerprint density at radius 2 is 1.83 bits per heavy atom. The summed E-state index contributed by atoms with van der Waals surface area (Å²) in [5, 5.41) is 4.25. The predicted octanol–water partition coefficient (Wildman–Crippen LogP) is 2.38. The monoisotopic (exact) mass is 431 g/mol. The van der Waals surface area contributed by atoms with Crippen LogP contribution in [0.15, 0.2) is 23.1 Å². The van der Waals surface area contributed by atoms with Gasteiger partial charge in [0.25, 0.3) is 5.56 Å². The van der Waals surface area contributed by atoms with Gasteiger partial charge in [0.1, 0.15) is 5.65 Å².